The van der Waals surface area contributed by atoms with Gasteiger partial charge in [-0.25, -0.2) is 14.2 Å². The number of aromatic nitrogens is 3. The Morgan fingerprint density at radius 3 is 2.14 bits per heavy atom. The predicted molar refractivity (Wildman–Crippen MR) is 146 cm³/mol. The highest BCUT2D eigenvalue weighted by atomic mass is 127. The molecule has 192 valence electrons. The van der Waals surface area contributed by atoms with Crippen LogP contribution in [0.5, 0.6) is 0 Å². The maximum absolute atomic E-state index is 13.5. The van der Waals surface area contributed by atoms with Gasteiger partial charge in [-0.1, -0.05) is 53.0 Å². The Morgan fingerprint density at radius 1 is 0.838 bits per heavy atom. The number of rotatable bonds is 6. The van der Waals surface area contributed by atoms with E-state index in [2.05, 4.69) is 32.9 Å². The molecule has 0 aliphatic carbocycles. The molecule has 0 aliphatic rings. The topological polar surface area (TPSA) is 68.9 Å². The first-order chi connectivity index (χ1) is 17.4. The van der Waals surface area contributed by atoms with Crippen molar-refractivity contribution < 1.29 is 13.2 Å². The summed E-state index contributed by atoms with van der Waals surface area (Å²) in [6, 6.07) is 14.1. The van der Waals surface area contributed by atoms with Crippen LogP contribution in [0.15, 0.2) is 70.3 Å². The summed E-state index contributed by atoms with van der Waals surface area (Å²) in [6.45, 7) is -0.218. The van der Waals surface area contributed by atoms with Crippen LogP contribution in [0, 0.1) is 3.57 Å². The van der Waals surface area contributed by atoms with E-state index in [1.165, 1.54) is 12.1 Å². The summed E-state index contributed by atoms with van der Waals surface area (Å²) >= 11 is 20.3. The quantitative estimate of drug-likeness (QED) is 0.227. The maximum atomic E-state index is 13.5. The molecule has 0 saturated carbocycles. The largest absolute Gasteiger partial charge is 0.416 e. The van der Waals surface area contributed by atoms with E-state index in [0.717, 1.165) is 24.8 Å². The molecule has 37 heavy (non-hydrogen) atoms. The van der Waals surface area contributed by atoms with E-state index in [1.807, 2.05) is 0 Å². The van der Waals surface area contributed by atoms with Crippen molar-refractivity contribution in [3.8, 4) is 0 Å². The summed E-state index contributed by atoms with van der Waals surface area (Å²) in [5.74, 6) is -0.239. The summed E-state index contributed by atoms with van der Waals surface area (Å²) in [7, 11) is 0. The Labute approximate surface area is 236 Å². The Hall–Kier alpha value is -2.54. The normalized spacial score (nSPS) is 11.5. The lowest BCUT2D eigenvalue weighted by Crippen LogP contribution is -2.43. The van der Waals surface area contributed by atoms with E-state index in [0.29, 0.717) is 21.2 Å². The molecule has 3 aromatic carbocycles. The summed E-state index contributed by atoms with van der Waals surface area (Å²) in [6.07, 6.45) is -4.58. The van der Waals surface area contributed by atoms with Gasteiger partial charge >= 0.3 is 17.6 Å². The van der Waals surface area contributed by atoms with Crippen LogP contribution in [0.1, 0.15) is 16.7 Å². The van der Waals surface area contributed by atoms with Crippen LogP contribution in [-0.2, 0) is 19.3 Å². The van der Waals surface area contributed by atoms with Gasteiger partial charge < -0.3 is 5.32 Å². The highest BCUT2D eigenvalue weighted by molar-refractivity contribution is 14.1. The number of nitrogens with one attached hydrogen (secondary N) is 1. The summed E-state index contributed by atoms with van der Waals surface area (Å²) in [5, 5.41) is 3.68. The first-order valence-electron chi connectivity index (χ1n) is 10.5. The molecule has 0 unspecified atom stereocenters. The van der Waals surface area contributed by atoms with E-state index in [-0.39, 0.29) is 29.7 Å². The average molecular weight is 682 g/mol. The van der Waals surface area contributed by atoms with Crippen molar-refractivity contribution in [2.75, 3.05) is 5.32 Å². The second kappa shape index (κ2) is 11.1. The Balaban J connectivity index is 1.81. The van der Waals surface area contributed by atoms with Crippen molar-refractivity contribution in [1.29, 1.82) is 0 Å². The Kier molecular flexibility index (Phi) is 8.22. The average Bonchev–Trinajstić information content (AvgIpc) is 2.83. The fourth-order valence-corrected chi connectivity index (χ4v) is 4.31. The molecule has 0 spiro atoms. The van der Waals surface area contributed by atoms with Crippen molar-refractivity contribution in [1.82, 2.24) is 14.1 Å². The van der Waals surface area contributed by atoms with Crippen molar-refractivity contribution in [2.24, 2.45) is 0 Å². The summed E-state index contributed by atoms with van der Waals surface area (Å²) in [5.41, 5.74) is -1.40. The second-order valence-corrected chi connectivity index (χ2v) is 10.3. The van der Waals surface area contributed by atoms with Gasteiger partial charge in [0, 0.05) is 9.26 Å². The molecule has 13 heteroatoms. The fraction of sp³-hybridized carbons (Fsp3) is 0.125. The van der Waals surface area contributed by atoms with Gasteiger partial charge in [-0.05, 0) is 76.2 Å². The molecule has 0 saturated heterocycles. The van der Waals surface area contributed by atoms with Gasteiger partial charge in [-0.2, -0.15) is 18.2 Å². The molecule has 0 bridgehead atoms. The van der Waals surface area contributed by atoms with Crippen molar-refractivity contribution in [3.63, 3.8) is 0 Å². The highest BCUT2D eigenvalue weighted by Crippen LogP contribution is 2.31. The van der Waals surface area contributed by atoms with Crippen LogP contribution >= 0.6 is 57.4 Å². The third-order valence-electron chi connectivity index (χ3n) is 5.25. The smallest absolute Gasteiger partial charge is 0.325 e. The van der Waals surface area contributed by atoms with Gasteiger partial charge in [-0.3, -0.25) is 4.57 Å². The zero-order chi connectivity index (χ0) is 26.9. The number of nitrogens with zero attached hydrogens (tertiary/aromatic N) is 3. The van der Waals surface area contributed by atoms with Gasteiger partial charge in [0.1, 0.15) is 0 Å². The third-order valence-corrected chi connectivity index (χ3v) is 7.56. The van der Waals surface area contributed by atoms with Crippen molar-refractivity contribution >= 4 is 69.0 Å². The van der Waals surface area contributed by atoms with Gasteiger partial charge in [0.15, 0.2) is 0 Å². The van der Waals surface area contributed by atoms with E-state index in [1.54, 1.807) is 36.4 Å². The summed E-state index contributed by atoms with van der Waals surface area (Å²) < 4.78 is 42.4. The van der Waals surface area contributed by atoms with E-state index >= 15 is 0 Å². The molecule has 6 nitrogen and oxygen atoms in total. The minimum absolute atomic E-state index is 0.00817. The van der Waals surface area contributed by atoms with Crippen LogP contribution in [0.4, 0.5) is 24.8 Å². The molecule has 0 aliphatic heterocycles. The predicted octanol–water partition coefficient (Wildman–Crippen LogP) is 6.83. The number of benzene rings is 3. The maximum Gasteiger partial charge on any atom is 0.416 e. The lowest BCUT2D eigenvalue weighted by molar-refractivity contribution is -0.137. The van der Waals surface area contributed by atoms with Crippen LogP contribution in [0.3, 0.4) is 0 Å². The molecule has 0 amide bonds. The third kappa shape index (κ3) is 6.49. The van der Waals surface area contributed by atoms with Crippen LogP contribution in [-0.4, -0.2) is 14.1 Å². The van der Waals surface area contributed by atoms with Gasteiger partial charge in [0.05, 0.1) is 33.7 Å². The lowest BCUT2D eigenvalue weighted by Gasteiger charge is -2.17. The van der Waals surface area contributed by atoms with Gasteiger partial charge in [0.25, 0.3) is 0 Å². The molecular weight excluding hydrogens is 667 g/mol. The van der Waals surface area contributed by atoms with Crippen LogP contribution < -0.4 is 16.7 Å². The first-order valence-corrected chi connectivity index (χ1v) is 12.7. The Morgan fingerprint density at radius 2 is 1.49 bits per heavy atom. The molecule has 4 aromatic rings. The van der Waals surface area contributed by atoms with E-state index < -0.39 is 23.1 Å². The number of anilines is 2. The first kappa shape index (κ1) is 27.5. The number of alkyl halides is 3. The number of hydrogen-bond acceptors (Lipinski definition) is 4. The van der Waals surface area contributed by atoms with Crippen LogP contribution in [0.2, 0.25) is 15.1 Å². The van der Waals surface area contributed by atoms with Crippen LogP contribution in [0.25, 0.3) is 0 Å². The number of halogens is 7. The lowest BCUT2D eigenvalue weighted by atomic mass is 10.2. The van der Waals surface area contributed by atoms with Crippen molar-refractivity contribution in [3.05, 3.63) is 117 Å². The molecule has 1 N–H and O–H groups in total. The Bertz CT molecular complexity index is 1610. The molecule has 1 heterocycles. The molecule has 0 fully saturated rings. The van der Waals surface area contributed by atoms with Gasteiger partial charge in [0.2, 0.25) is 5.95 Å². The van der Waals surface area contributed by atoms with Gasteiger partial charge in [-0.15, -0.1) is 0 Å². The van der Waals surface area contributed by atoms with E-state index in [4.69, 9.17) is 34.8 Å². The molecule has 0 atom stereocenters. The molecular formula is C24H15Cl3F3IN4O2. The standard InChI is InChI=1S/C24H15Cl3F3IN4O2/c25-17-6-4-13(8-18(17)26)11-34-21(32-16-3-1-2-15(10-16)24(28,29)30)33-22(36)35(23(34)37)12-14-5-7-20(31)19(27)9-14/h1-10H,11-12H2,(H,32,33,36). The zero-order valence-corrected chi connectivity index (χ0v) is 22.9. The highest BCUT2D eigenvalue weighted by Gasteiger charge is 2.30. The minimum Gasteiger partial charge on any atom is -0.325 e. The monoisotopic (exact) mass is 680 g/mol. The minimum atomic E-state index is -4.58. The molecule has 4 rings (SSSR count). The fourth-order valence-electron chi connectivity index (χ4n) is 3.45. The van der Waals surface area contributed by atoms with E-state index in [9.17, 15) is 22.8 Å². The van der Waals surface area contributed by atoms with Crippen molar-refractivity contribution in [2.45, 2.75) is 19.3 Å². The second-order valence-electron chi connectivity index (χ2n) is 7.87. The SMILES string of the molecule is O=c1nc(Nc2cccc(C(F)(F)F)c2)n(Cc2ccc(Cl)c(Cl)c2)c(=O)n1Cc1ccc(I)c(Cl)c1. The summed E-state index contributed by atoms with van der Waals surface area (Å²) in [4.78, 5) is 30.4. The number of hydrogen-bond donors (Lipinski definition) is 1. The zero-order valence-electron chi connectivity index (χ0n) is 18.5. The molecule has 1 aromatic heterocycles. The molecule has 0 radical (unpaired) electrons.